The Balaban J connectivity index is 2.36. The van der Waals surface area contributed by atoms with Crippen LogP contribution in [0.3, 0.4) is 0 Å². The minimum atomic E-state index is -0.606. The minimum Gasteiger partial charge on any atom is -0.465 e. The highest BCUT2D eigenvalue weighted by atomic mass is 35.5. The molecule has 25 heavy (non-hydrogen) atoms. The van der Waals surface area contributed by atoms with Crippen LogP contribution in [0.15, 0.2) is 24.3 Å². The van der Waals surface area contributed by atoms with Gasteiger partial charge in [-0.25, -0.2) is 4.79 Å². The van der Waals surface area contributed by atoms with Crippen molar-refractivity contribution in [1.82, 2.24) is 0 Å². The summed E-state index contributed by atoms with van der Waals surface area (Å²) in [5, 5.41) is 6.24. The van der Waals surface area contributed by atoms with E-state index in [0.717, 1.165) is 11.3 Å². The molecule has 0 saturated carbocycles. The summed E-state index contributed by atoms with van der Waals surface area (Å²) in [6.07, 6.45) is 0.254. The molecule has 1 aromatic carbocycles. The van der Waals surface area contributed by atoms with E-state index in [2.05, 4.69) is 10.6 Å². The number of esters is 1. The second kappa shape index (κ2) is 8.13. The molecule has 0 fully saturated rings. The van der Waals surface area contributed by atoms with E-state index in [4.69, 9.17) is 16.3 Å². The van der Waals surface area contributed by atoms with Crippen LogP contribution in [0.2, 0.25) is 5.02 Å². The van der Waals surface area contributed by atoms with Crippen LogP contribution in [-0.4, -0.2) is 24.9 Å². The fraction of sp³-hybridized carbons (Fsp3) is 0.235. The zero-order valence-corrected chi connectivity index (χ0v) is 15.5. The Morgan fingerprint density at radius 2 is 1.80 bits per heavy atom. The first-order valence-corrected chi connectivity index (χ1v) is 8.65. The Bertz CT molecular complexity index is 815. The number of benzene rings is 1. The SMILES string of the molecule is CCC(=O)Nc1sc(C(=O)Nc2ccc(Cl)cc2)c(C)c1C(=O)OC. The van der Waals surface area contributed by atoms with Crippen LogP contribution < -0.4 is 10.6 Å². The summed E-state index contributed by atoms with van der Waals surface area (Å²) >= 11 is 6.86. The van der Waals surface area contributed by atoms with Crippen LogP contribution >= 0.6 is 22.9 Å². The zero-order valence-electron chi connectivity index (χ0n) is 13.9. The van der Waals surface area contributed by atoms with Gasteiger partial charge in [-0.15, -0.1) is 11.3 Å². The topological polar surface area (TPSA) is 84.5 Å². The fourth-order valence-electron chi connectivity index (χ4n) is 2.10. The van der Waals surface area contributed by atoms with Crippen molar-refractivity contribution in [1.29, 1.82) is 0 Å². The normalized spacial score (nSPS) is 10.2. The van der Waals surface area contributed by atoms with Crippen molar-refractivity contribution in [2.75, 3.05) is 17.7 Å². The highest BCUT2D eigenvalue weighted by molar-refractivity contribution is 7.18. The fourth-order valence-corrected chi connectivity index (χ4v) is 3.33. The van der Waals surface area contributed by atoms with E-state index in [1.807, 2.05) is 0 Å². The number of hydrogen-bond acceptors (Lipinski definition) is 5. The molecule has 0 atom stereocenters. The molecule has 0 bridgehead atoms. The number of carbonyl (C=O) groups excluding carboxylic acids is 3. The number of carbonyl (C=O) groups is 3. The predicted octanol–water partition coefficient (Wildman–Crippen LogP) is 4.10. The lowest BCUT2D eigenvalue weighted by Crippen LogP contribution is -2.13. The van der Waals surface area contributed by atoms with Gasteiger partial charge in [0.05, 0.1) is 17.6 Å². The predicted molar refractivity (Wildman–Crippen MR) is 98.7 cm³/mol. The van der Waals surface area contributed by atoms with Crippen molar-refractivity contribution in [3.63, 3.8) is 0 Å². The van der Waals surface area contributed by atoms with E-state index in [1.165, 1.54) is 7.11 Å². The molecule has 2 N–H and O–H groups in total. The third-order valence-corrected chi connectivity index (χ3v) is 4.88. The van der Waals surface area contributed by atoms with Crippen molar-refractivity contribution in [2.24, 2.45) is 0 Å². The van der Waals surface area contributed by atoms with E-state index < -0.39 is 5.97 Å². The third-order valence-electron chi connectivity index (χ3n) is 3.42. The number of anilines is 2. The second-order valence-corrected chi connectivity index (χ2v) is 6.57. The van der Waals surface area contributed by atoms with Gasteiger partial charge in [-0.1, -0.05) is 18.5 Å². The highest BCUT2D eigenvalue weighted by Gasteiger charge is 2.26. The number of hydrogen-bond donors (Lipinski definition) is 2. The lowest BCUT2D eigenvalue weighted by atomic mass is 10.1. The van der Waals surface area contributed by atoms with Gasteiger partial charge in [0.15, 0.2) is 0 Å². The van der Waals surface area contributed by atoms with E-state index >= 15 is 0 Å². The number of halogens is 1. The lowest BCUT2D eigenvalue weighted by Gasteiger charge is -2.05. The molecule has 6 nitrogen and oxygen atoms in total. The molecule has 0 radical (unpaired) electrons. The Morgan fingerprint density at radius 3 is 2.36 bits per heavy atom. The van der Waals surface area contributed by atoms with Crippen LogP contribution in [0.5, 0.6) is 0 Å². The first kappa shape index (κ1) is 19.0. The van der Waals surface area contributed by atoms with Gasteiger partial charge in [-0.3, -0.25) is 9.59 Å². The summed E-state index contributed by atoms with van der Waals surface area (Å²) in [4.78, 5) is 36.6. The van der Waals surface area contributed by atoms with Gasteiger partial charge < -0.3 is 15.4 Å². The summed E-state index contributed by atoms with van der Waals surface area (Å²) in [7, 11) is 1.25. The Morgan fingerprint density at radius 1 is 1.16 bits per heavy atom. The first-order chi connectivity index (χ1) is 11.9. The lowest BCUT2D eigenvalue weighted by molar-refractivity contribution is -0.115. The van der Waals surface area contributed by atoms with Gasteiger partial charge in [0.25, 0.3) is 5.91 Å². The van der Waals surface area contributed by atoms with Gasteiger partial charge in [0, 0.05) is 17.1 Å². The molecule has 0 saturated heterocycles. The van der Waals surface area contributed by atoms with Crippen LogP contribution in [0, 0.1) is 6.92 Å². The van der Waals surface area contributed by atoms with Crippen molar-refractivity contribution in [3.05, 3.63) is 45.3 Å². The Labute approximate surface area is 154 Å². The van der Waals surface area contributed by atoms with E-state index in [-0.39, 0.29) is 23.8 Å². The van der Waals surface area contributed by atoms with Crippen molar-refractivity contribution >= 4 is 51.4 Å². The molecular formula is C17H17ClN2O4S. The zero-order chi connectivity index (χ0) is 18.6. The average Bonchev–Trinajstić information content (AvgIpc) is 2.92. The molecule has 1 aromatic heterocycles. The molecule has 0 aliphatic heterocycles. The number of thiophene rings is 1. The van der Waals surface area contributed by atoms with Gasteiger partial charge in [-0.05, 0) is 36.8 Å². The number of rotatable bonds is 5. The largest absolute Gasteiger partial charge is 0.465 e. The molecule has 2 rings (SSSR count). The molecule has 2 amide bonds. The summed E-state index contributed by atoms with van der Waals surface area (Å²) in [5.74, 6) is -1.24. The van der Waals surface area contributed by atoms with Crippen molar-refractivity contribution in [3.8, 4) is 0 Å². The minimum absolute atomic E-state index is 0.190. The number of methoxy groups -OCH3 is 1. The summed E-state index contributed by atoms with van der Waals surface area (Å²) in [6, 6.07) is 6.66. The molecule has 0 unspecified atom stereocenters. The number of ether oxygens (including phenoxy) is 1. The molecule has 132 valence electrons. The molecule has 0 aliphatic carbocycles. The molecule has 1 heterocycles. The van der Waals surface area contributed by atoms with Gasteiger partial charge in [-0.2, -0.15) is 0 Å². The maximum Gasteiger partial charge on any atom is 0.341 e. The molecule has 8 heteroatoms. The Hall–Kier alpha value is -2.38. The Kier molecular flexibility index (Phi) is 6.17. The maximum atomic E-state index is 12.6. The van der Waals surface area contributed by atoms with Crippen LogP contribution in [0.4, 0.5) is 10.7 Å². The highest BCUT2D eigenvalue weighted by Crippen LogP contribution is 2.34. The van der Waals surface area contributed by atoms with Crippen LogP contribution in [0.1, 0.15) is 38.9 Å². The molecule has 2 aromatic rings. The van der Waals surface area contributed by atoms with Gasteiger partial charge >= 0.3 is 5.97 Å². The quantitative estimate of drug-likeness (QED) is 0.765. The summed E-state index contributed by atoms with van der Waals surface area (Å²) < 4.78 is 4.77. The number of nitrogens with one attached hydrogen (secondary N) is 2. The monoisotopic (exact) mass is 380 g/mol. The van der Waals surface area contributed by atoms with Crippen LogP contribution in [-0.2, 0) is 9.53 Å². The smallest absolute Gasteiger partial charge is 0.341 e. The molecule has 0 spiro atoms. The van der Waals surface area contributed by atoms with E-state index in [0.29, 0.717) is 26.2 Å². The van der Waals surface area contributed by atoms with E-state index in [1.54, 1.807) is 38.1 Å². The second-order valence-electron chi connectivity index (χ2n) is 5.11. The standard InChI is InChI=1S/C17H17ClN2O4S/c1-4-12(21)20-16-13(17(23)24-3)9(2)14(25-16)15(22)19-11-7-5-10(18)6-8-11/h5-8H,4H2,1-3H3,(H,19,22)(H,20,21). The number of amides is 2. The first-order valence-electron chi connectivity index (χ1n) is 7.45. The average molecular weight is 381 g/mol. The molecule has 0 aliphatic rings. The van der Waals surface area contributed by atoms with Crippen molar-refractivity contribution < 1.29 is 19.1 Å². The van der Waals surface area contributed by atoms with Gasteiger partial charge in [0.2, 0.25) is 5.91 Å². The third kappa shape index (κ3) is 4.37. The van der Waals surface area contributed by atoms with E-state index in [9.17, 15) is 14.4 Å². The maximum absolute atomic E-state index is 12.6. The van der Waals surface area contributed by atoms with Crippen molar-refractivity contribution in [2.45, 2.75) is 20.3 Å². The van der Waals surface area contributed by atoms with Gasteiger partial charge in [0.1, 0.15) is 5.00 Å². The summed E-state index contributed by atoms with van der Waals surface area (Å²) in [5.41, 5.74) is 1.21. The summed E-state index contributed by atoms with van der Waals surface area (Å²) in [6.45, 7) is 3.34. The molecular weight excluding hydrogens is 364 g/mol. The van der Waals surface area contributed by atoms with Crippen LogP contribution in [0.25, 0.3) is 0 Å².